The molecule has 0 fully saturated rings. The zero-order chi connectivity index (χ0) is 31.8. The molecule has 5 aromatic carbocycles. The summed E-state index contributed by atoms with van der Waals surface area (Å²) in [5.41, 5.74) is 12.4. The van der Waals surface area contributed by atoms with Crippen molar-refractivity contribution in [1.82, 2.24) is 9.55 Å². The molecule has 1 aliphatic heterocycles. The number of amides is 2. The maximum atomic E-state index is 14.2. The minimum Gasteiger partial charge on any atom is -0.333 e. The highest BCUT2D eigenvalue weighted by atomic mass is 16.2. The van der Waals surface area contributed by atoms with Gasteiger partial charge in [0.05, 0.1) is 39.1 Å². The van der Waals surface area contributed by atoms with Crippen LogP contribution in [-0.4, -0.2) is 28.4 Å². The SMILES string of the molecule is CN.N#Cc1cncc(-c2ccc3c(c2)c2ccccc2n3-c2cccc3c2C(=O)N(c2cccc(-c4ccccc4)c2)C3=O)c1. The summed E-state index contributed by atoms with van der Waals surface area (Å²) in [5.74, 6) is -0.697. The van der Waals surface area contributed by atoms with Gasteiger partial charge >= 0.3 is 0 Å². The number of hydrogen-bond donors (Lipinski definition) is 1. The Morgan fingerprint density at radius 3 is 2.17 bits per heavy atom. The predicted molar refractivity (Wildman–Crippen MR) is 182 cm³/mol. The molecule has 7 aromatic rings. The molecular weight excluding hydrogens is 570 g/mol. The molecule has 0 atom stereocenters. The number of carbonyl (C=O) groups is 2. The molecule has 8 rings (SSSR count). The molecule has 3 heterocycles. The van der Waals surface area contributed by atoms with Crippen LogP contribution in [0.4, 0.5) is 5.69 Å². The third kappa shape index (κ3) is 4.53. The maximum absolute atomic E-state index is 14.2. The number of benzene rings is 5. The Morgan fingerprint density at radius 1 is 0.630 bits per heavy atom. The Morgan fingerprint density at radius 2 is 1.35 bits per heavy atom. The molecule has 220 valence electrons. The molecule has 0 saturated carbocycles. The fraction of sp³-hybridized carbons (Fsp3) is 0.0256. The van der Waals surface area contributed by atoms with Gasteiger partial charge in [-0.25, -0.2) is 4.90 Å². The van der Waals surface area contributed by atoms with Gasteiger partial charge in [-0.2, -0.15) is 5.26 Å². The number of nitrogens with zero attached hydrogens (tertiary/aromatic N) is 4. The second kappa shape index (κ2) is 11.6. The van der Waals surface area contributed by atoms with Gasteiger partial charge in [0.25, 0.3) is 11.8 Å². The van der Waals surface area contributed by atoms with Crippen LogP contribution in [0.15, 0.2) is 134 Å². The van der Waals surface area contributed by atoms with Crippen molar-refractivity contribution >= 4 is 39.3 Å². The van der Waals surface area contributed by atoms with Crippen LogP contribution in [0, 0.1) is 11.3 Å². The molecule has 2 N–H and O–H groups in total. The minimum atomic E-state index is -0.354. The van der Waals surface area contributed by atoms with Gasteiger partial charge in [-0.1, -0.05) is 72.8 Å². The molecule has 46 heavy (non-hydrogen) atoms. The minimum absolute atomic E-state index is 0.343. The monoisotopic (exact) mass is 597 g/mol. The zero-order valence-corrected chi connectivity index (χ0v) is 24.9. The molecule has 1 aliphatic rings. The van der Waals surface area contributed by atoms with Crippen molar-refractivity contribution in [2.24, 2.45) is 5.73 Å². The number of para-hydroxylation sites is 1. The number of nitrogens with two attached hydrogens (primary N) is 1. The van der Waals surface area contributed by atoms with Crippen molar-refractivity contribution in [3.63, 3.8) is 0 Å². The zero-order valence-electron chi connectivity index (χ0n) is 24.9. The highest BCUT2D eigenvalue weighted by Crippen LogP contribution is 2.39. The van der Waals surface area contributed by atoms with E-state index in [1.165, 1.54) is 11.9 Å². The summed E-state index contributed by atoms with van der Waals surface area (Å²) in [6.07, 6.45) is 3.29. The molecule has 7 nitrogen and oxygen atoms in total. The van der Waals surface area contributed by atoms with E-state index in [1.807, 2.05) is 97.1 Å². The first kappa shape index (κ1) is 28.4. The summed E-state index contributed by atoms with van der Waals surface area (Å²) in [4.78, 5) is 33.5. The molecule has 2 amide bonds. The summed E-state index contributed by atoms with van der Waals surface area (Å²) in [5, 5.41) is 11.4. The second-order valence-corrected chi connectivity index (χ2v) is 10.7. The Balaban J connectivity index is 0.00000166. The van der Waals surface area contributed by atoms with Crippen LogP contribution in [-0.2, 0) is 0 Å². The Labute approximate surface area is 265 Å². The summed E-state index contributed by atoms with van der Waals surface area (Å²) in [6, 6.07) is 41.0. The lowest BCUT2D eigenvalue weighted by Crippen LogP contribution is -2.29. The summed E-state index contributed by atoms with van der Waals surface area (Å²) >= 11 is 0. The van der Waals surface area contributed by atoms with Crippen LogP contribution in [0.3, 0.4) is 0 Å². The van der Waals surface area contributed by atoms with E-state index in [4.69, 9.17) is 0 Å². The average molecular weight is 598 g/mol. The third-order valence-corrected chi connectivity index (χ3v) is 8.22. The normalized spacial score (nSPS) is 12.2. The standard InChI is InChI=1S/C38H22N4O2.CH5N/c39-21-24-18-28(23-40-22-24)27-16-17-34-32(20-27)30-12-4-5-14-33(30)42(34)35-15-7-13-31-36(35)38(44)41(37(31)43)29-11-6-10-26(19-29)25-8-2-1-3-9-25;1-2/h1-20,22-23H;2H2,1H3. The van der Waals surface area contributed by atoms with Crippen molar-refractivity contribution in [2.45, 2.75) is 0 Å². The Hall–Kier alpha value is -6.36. The number of imide groups is 1. The molecular formula is C39H27N5O2. The highest BCUT2D eigenvalue weighted by molar-refractivity contribution is 6.36. The van der Waals surface area contributed by atoms with Crippen LogP contribution in [0.1, 0.15) is 26.3 Å². The van der Waals surface area contributed by atoms with Crippen LogP contribution in [0.2, 0.25) is 0 Å². The van der Waals surface area contributed by atoms with Crippen molar-refractivity contribution in [3.05, 3.63) is 150 Å². The third-order valence-electron chi connectivity index (χ3n) is 8.22. The van der Waals surface area contributed by atoms with Gasteiger partial charge in [0.1, 0.15) is 6.07 Å². The smallest absolute Gasteiger partial charge is 0.268 e. The number of anilines is 1. The van der Waals surface area contributed by atoms with Gasteiger partial charge in [0.15, 0.2) is 0 Å². The van der Waals surface area contributed by atoms with Crippen LogP contribution in [0.25, 0.3) is 49.7 Å². The molecule has 0 saturated heterocycles. The van der Waals surface area contributed by atoms with Gasteiger partial charge in [0.2, 0.25) is 0 Å². The van der Waals surface area contributed by atoms with Gasteiger partial charge in [-0.15, -0.1) is 0 Å². The number of fused-ring (bicyclic) bond motifs is 4. The summed E-state index contributed by atoms with van der Waals surface area (Å²) < 4.78 is 2.06. The van der Waals surface area contributed by atoms with E-state index in [0.717, 1.165) is 44.1 Å². The molecule has 0 unspecified atom stereocenters. The van der Waals surface area contributed by atoms with E-state index >= 15 is 0 Å². The number of pyridine rings is 1. The van der Waals surface area contributed by atoms with Gasteiger partial charge < -0.3 is 10.3 Å². The van der Waals surface area contributed by atoms with Gasteiger partial charge in [-0.05, 0) is 72.3 Å². The quantitative estimate of drug-likeness (QED) is 0.209. The van der Waals surface area contributed by atoms with Crippen LogP contribution >= 0.6 is 0 Å². The van der Waals surface area contributed by atoms with Crippen molar-refractivity contribution in [3.8, 4) is 34.0 Å². The van der Waals surface area contributed by atoms with Crippen LogP contribution in [0.5, 0.6) is 0 Å². The number of aromatic nitrogens is 2. The maximum Gasteiger partial charge on any atom is 0.268 e. The van der Waals surface area contributed by atoms with Crippen molar-refractivity contribution in [2.75, 3.05) is 11.9 Å². The lowest BCUT2D eigenvalue weighted by molar-refractivity contribution is 0.0926. The van der Waals surface area contributed by atoms with E-state index in [1.54, 1.807) is 24.5 Å². The van der Waals surface area contributed by atoms with Gasteiger partial charge in [-0.3, -0.25) is 14.6 Å². The van der Waals surface area contributed by atoms with Gasteiger partial charge in [0, 0.05) is 28.7 Å². The molecule has 0 aliphatic carbocycles. The van der Waals surface area contributed by atoms with E-state index < -0.39 is 0 Å². The van der Waals surface area contributed by atoms with Crippen LogP contribution < -0.4 is 10.6 Å². The van der Waals surface area contributed by atoms with Crippen molar-refractivity contribution in [1.29, 1.82) is 5.26 Å². The van der Waals surface area contributed by atoms with Crippen molar-refractivity contribution < 1.29 is 9.59 Å². The Kier molecular flexibility index (Phi) is 7.18. The van der Waals surface area contributed by atoms with E-state index in [9.17, 15) is 14.9 Å². The first-order chi connectivity index (χ1) is 22.6. The Bertz CT molecular complexity index is 2350. The first-order valence-corrected chi connectivity index (χ1v) is 14.8. The second-order valence-electron chi connectivity index (χ2n) is 10.7. The number of carbonyl (C=O) groups excluding carboxylic acids is 2. The lowest BCUT2D eigenvalue weighted by atomic mass is 10.0. The largest absolute Gasteiger partial charge is 0.333 e. The number of nitriles is 1. The van der Waals surface area contributed by atoms with E-state index in [-0.39, 0.29) is 11.8 Å². The number of rotatable bonds is 4. The summed E-state index contributed by atoms with van der Waals surface area (Å²) in [7, 11) is 1.50. The fourth-order valence-corrected chi connectivity index (χ4v) is 6.21. The van der Waals surface area contributed by atoms with E-state index in [2.05, 4.69) is 33.5 Å². The van der Waals surface area contributed by atoms with E-state index in [0.29, 0.717) is 28.1 Å². The molecule has 0 spiro atoms. The molecule has 2 aromatic heterocycles. The molecule has 7 heteroatoms. The highest BCUT2D eigenvalue weighted by Gasteiger charge is 2.39. The fourth-order valence-electron chi connectivity index (χ4n) is 6.21. The molecule has 0 bridgehead atoms. The topological polar surface area (TPSA) is 105 Å². The summed E-state index contributed by atoms with van der Waals surface area (Å²) in [6.45, 7) is 0. The number of hydrogen-bond acceptors (Lipinski definition) is 5. The average Bonchev–Trinajstić information content (AvgIpc) is 3.59. The first-order valence-electron chi connectivity index (χ1n) is 14.8. The lowest BCUT2D eigenvalue weighted by Gasteiger charge is -2.16. The molecule has 0 radical (unpaired) electrons. The predicted octanol–water partition coefficient (Wildman–Crippen LogP) is 7.76.